The number of hydrogen-bond donors (Lipinski definition) is 2. The number of ether oxygens (including phenoxy) is 2. The topological polar surface area (TPSA) is 117 Å². The van der Waals surface area contributed by atoms with E-state index in [0.717, 1.165) is 5.56 Å². The smallest absolute Gasteiger partial charge is 0.328 e. The van der Waals surface area contributed by atoms with Gasteiger partial charge in [0, 0.05) is 39.5 Å². The SMILES string of the molecule is COC(=O)[C@H](Cc1ccc(OC)cc1)NC(=O)[C@H](C)NC(=O)CN1CCN(C(C)=O)CC1. The monoisotopic (exact) mass is 448 g/mol. The van der Waals surface area contributed by atoms with Crippen molar-refractivity contribution < 1.29 is 28.7 Å². The molecular weight excluding hydrogens is 416 g/mol. The molecule has 0 aliphatic carbocycles. The van der Waals surface area contributed by atoms with Crippen molar-refractivity contribution >= 4 is 23.7 Å². The molecule has 0 aromatic heterocycles. The first-order chi connectivity index (χ1) is 15.2. The van der Waals surface area contributed by atoms with E-state index in [9.17, 15) is 19.2 Å². The van der Waals surface area contributed by atoms with E-state index in [4.69, 9.17) is 9.47 Å². The number of nitrogens with one attached hydrogen (secondary N) is 2. The van der Waals surface area contributed by atoms with Crippen LogP contribution in [0.4, 0.5) is 0 Å². The second-order valence-electron chi connectivity index (χ2n) is 7.71. The Kier molecular flexibility index (Phi) is 9.45. The van der Waals surface area contributed by atoms with E-state index in [1.54, 1.807) is 43.2 Å². The molecule has 0 spiro atoms. The molecule has 32 heavy (non-hydrogen) atoms. The molecule has 3 amide bonds. The van der Waals surface area contributed by atoms with Crippen LogP contribution < -0.4 is 15.4 Å². The Balaban J connectivity index is 1.86. The fraction of sp³-hybridized carbons (Fsp3) is 0.545. The van der Waals surface area contributed by atoms with Gasteiger partial charge in [-0.1, -0.05) is 12.1 Å². The van der Waals surface area contributed by atoms with Crippen LogP contribution in [0.5, 0.6) is 5.75 Å². The van der Waals surface area contributed by atoms with Crippen LogP contribution in [-0.2, 0) is 30.3 Å². The lowest BCUT2D eigenvalue weighted by Gasteiger charge is -2.33. The van der Waals surface area contributed by atoms with Crippen molar-refractivity contribution in [3.63, 3.8) is 0 Å². The lowest BCUT2D eigenvalue weighted by Crippen LogP contribution is -2.54. The zero-order chi connectivity index (χ0) is 23.7. The van der Waals surface area contributed by atoms with E-state index in [1.807, 2.05) is 4.90 Å². The summed E-state index contributed by atoms with van der Waals surface area (Å²) in [5, 5.41) is 5.31. The third kappa shape index (κ3) is 7.52. The van der Waals surface area contributed by atoms with Crippen LogP contribution in [0.15, 0.2) is 24.3 Å². The van der Waals surface area contributed by atoms with Gasteiger partial charge in [-0.25, -0.2) is 4.79 Å². The van der Waals surface area contributed by atoms with Crippen LogP contribution in [0, 0.1) is 0 Å². The summed E-state index contributed by atoms with van der Waals surface area (Å²) in [6, 6.07) is 5.43. The predicted octanol–water partition coefficient (Wildman–Crippen LogP) is -0.436. The molecule has 0 unspecified atom stereocenters. The largest absolute Gasteiger partial charge is 0.497 e. The number of nitrogens with zero attached hydrogens (tertiary/aromatic N) is 2. The molecule has 1 aliphatic rings. The van der Waals surface area contributed by atoms with E-state index in [-0.39, 0.29) is 24.8 Å². The Morgan fingerprint density at radius 2 is 1.62 bits per heavy atom. The first-order valence-corrected chi connectivity index (χ1v) is 10.5. The maximum atomic E-state index is 12.6. The summed E-state index contributed by atoms with van der Waals surface area (Å²) in [5.74, 6) is -0.644. The standard InChI is InChI=1S/C22H32N4O6/c1-15(23-20(28)14-25-9-11-26(12-10-25)16(2)27)21(29)24-19(22(30)32-4)13-17-5-7-18(31-3)8-6-17/h5-8,15,19H,9-14H2,1-4H3,(H,23,28)(H,24,29)/t15-,19-/m0/s1. The average molecular weight is 449 g/mol. The fourth-order valence-electron chi connectivity index (χ4n) is 3.41. The van der Waals surface area contributed by atoms with Crippen LogP contribution >= 0.6 is 0 Å². The van der Waals surface area contributed by atoms with Gasteiger partial charge in [0.25, 0.3) is 0 Å². The summed E-state index contributed by atoms with van der Waals surface area (Å²) in [4.78, 5) is 52.2. The Labute approximate surface area is 188 Å². The van der Waals surface area contributed by atoms with Crippen LogP contribution in [0.2, 0.25) is 0 Å². The minimum Gasteiger partial charge on any atom is -0.497 e. The van der Waals surface area contributed by atoms with Gasteiger partial charge < -0.3 is 25.0 Å². The number of methoxy groups -OCH3 is 2. The summed E-state index contributed by atoms with van der Waals surface area (Å²) in [6.07, 6.45) is 0.240. The van der Waals surface area contributed by atoms with Gasteiger partial charge in [0.1, 0.15) is 17.8 Å². The molecule has 1 fully saturated rings. The van der Waals surface area contributed by atoms with Gasteiger partial charge in [-0.3, -0.25) is 19.3 Å². The first kappa shape index (κ1) is 25.1. The third-order valence-corrected chi connectivity index (χ3v) is 5.36. The summed E-state index contributed by atoms with van der Waals surface area (Å²) in [6.45, 7) is 5.56. The zero-order valence-corrected chi connectivity index (χ0v) is 19.1. The average Bonchev–Trinajstić information content (AvgIpc) is 2.78. The van der Waals surface area contributed by atoms with Gasteiger partial charge in [-0.2, -0.15) is 0 Å². The molecule has 1 saturated heterocycles. The molecule has 1 heterocycles. The number of esters is 1. The Bertz CT molecular complexity index is 805. The lowest BCUT2D eigenvalue weighted by molar-refractivity contribution is -0.145. The maximum Gasteiger partial charge on any atom is 0.328 e. The number of carbonyl (C=O) groups excluding carboxylic acids is 4. The Hall–Kier alpha value is -3.14. The van der Waals surface area contributed by atoms with Gasteiger partial charge in [0.15, 0.2) is 0 Å². The normalized spacial score (nSPS) is 15.9. The molecule has 10 nitrogen and oxygen atoms in total. The van der Waals surface area contributed by atoms with Crippen molar-refractivity contribution in [2.24, 2.45) is 0 Å². The second kappa shape index (κ2) is 12.0. The highest BCUT2D eigenvalue weighted by Gasteiger charge is 2.26. The van der Waals surface area contributed by atoms with Crippen molar-refractivity contribution in [1.29, 1.82) is 0 Å². The molecular formula is C22H32N4O6. The third-order valence-electron chi connectivity index (χ3n) is 5.36. The van der Waals surface area contributed by atoms with Crippen LogP contribution in [0.3, 0.4) is 0 Å². The molecule has 1 aromatic rings. The Morgan fingerprint density at radius 3 is 2.16 bits per heavy atom. The molecule has 1 aliphatic heterocycles. The molecule has 1 aromatic carbocycles. The highest BCUT2D eigenvalue weighted by atomic mass is 16.5. The highest BCUT2D eigenvalue weighted by molar-refractivity contribution is 5.91. The van der Waals surface area contributed by atoms with Crippen LogP contribution in [0.1, 0.15) is 19.4 Å². The van der Waals surface area contributed by atoms with Gasteiger partial charge >= 0.3 is 5.97 Å². The van der Waals surface area contributed by atoms with E-state index >= 15 is 0 Å². The van der Waals surface area contributed by atoms with E-state index < -0.39 is 24.0 Å². The molecule has 10 heteroatoms. The summed E-state index contributed by atoms with van der Waals surface area (Å²) >= 11 is 0. The number of benzene rings is 1. The predicted molar refractivity (Wildman–Crippen MR) is 117 cm³/mol. The molecule has 176 valence electrons. The van der Waals surface area contributed by atoms with Crippen molar-refractivity contribution in [1.82, 2.24) is 20.4 Å². The zero-order valence-electron chi connectivity index (χ0n) is 19.1. The quantitative estimate of drug-likeness (QED) is 0.492. The Morgan fingerprint density at radius 1 is 1.00 bits per heavy atom. The molecule has 2 rings (SSSR count). The van der Waals surface area contributed by atoms with E-state index in [2.05, 4.69) is 10.6 Å². The number of piperazine rings is 1. The highest BCUT2D eigenvalue weighted by Crippen LogP contribution is 2.13. The van der Waals surface area contributed by atoms with Gasteiger partial charge in [0.2, 0.25) is 17.7 Å². The van der Waals surface area contributed by atoms with Crippen molar-refractivity contribution in [3.05, 3.63) is 29.8 Å². The molecule has 0 radical (unpaired) electrons. The van der Waals surface area contributed by atoms with Crippen molar-refractivity contribution in [2.45, 2.75) is 32.4 Å². The summed E-state index contributed by atoms with van der Waals surface area (Å²) in [5.41, 5.74) is 0.822. The number of carbonyl (C=O) groups is 4. The van der Waals surface area contributed by atoms with Crippen molar-refractivity contribution in [2.75, 3.05) is 46.9 Å². The lowest BCUT2D eigenvalue weighted by atomic mass is 10.1. The summed E-state index contributed by atoms with van der Waals surface area (Å²) in [7, 11) is 2.82. The van der Waals surface area contributed by atoms with Gasteiger partial charge in [0.05, 0.1) is 20.8 Å². The minimum absolute atomic E-state index is 0.0224. The van der Waals surface area contributed by atoms with E-state index in [0.29, 0.717) is 31.9 Å². The van der Waals surface area contributed by atoms with Gasteiger partial charge in [-0.05, 0) is 24.6 Å². The van der Waals surface area contributed by atoms with Crippen LogP contribution in [-0.4, -0.2) is 92.5 Å². The summed E-state index contributed by atoms with van der Waals surface area (Å²) < 4.78 is 9.94. The van der Waals surface area contributed by atoms with E-state index in [1.165, 1.54) is 14.0 Å². The molecule has 2 N–H and O–H groups in total. The minimum atomic E-state index is -0.889. The second-order valence-corrected chi connectivity index (χ2v) is 7.71. The fourth-order valence-corrected chi connectivity index (χ4v) is 3.41. The van der Waals surface area contributed by atoms with Crippen molar-refractivity contribution in [3.8, 4) is 5.75 Å². The van der Waals surface area contributed by atoms with Crippen LogP contribution in [0.25, 0.3) is 0 Å². The molecule has 0 saturated carbocycles. The number of rotatable bonds is 9. The van der Waals surface area contributed by atoms with Gasteiger partial charge in [-0.15, -0.1) is 0 Å². The first-order valence-electron chi connectivity index (χ1n) is 10.5. The molecule has 0 bridgehead atoms. The molecule has 2 atom stereocenters. The number of hydrogen-bond acceptors (Lipinski definition) is 7. The number of amides is 3. The maximum absolute atomic E-state index is 12.6.